The van der Waals surface area contributed by atoms with Gasteiger partial charge in [-0.25, -0.2) is 0 Å². The van der Waals surface area contributed by atoms with Crippen LogP contribution in [0.3, 0.4) is 0 Å². The third-order valence-corrected chi connectivity index (χ3v) is 4.70. The Hall–Kier alpha value is 0.440. The van der Waals surface area contributed by atoms with Crippen molar-refractivity contribution in [1.82, 2.24) is 0 Å². The Morgan fingerprint density at radius 3 is 2.44 bits per heavy atom. The fraction of sp³-hybridized carbons (Fsp3) is 1.00. The molecule has 2 heteroatoms. The lowest BCUT2D eigenvalue weighted by Crippen LogP contribution is -2.34. The van der Waals surface area contributed by atoms with Gasteiger partial charge in [-0.2, -0.15) is 0 Å². The largest absolute Gasteiger partial charge is 0.371 e. The number of alkyl halides is 1. The molecule has 1 nitrogen and oxygen atoms in total. The molecule has 16 heavy (non-hydrogen) atoms. The quantitative estimate of drug-likeness (QED) is 0.448. The Kier molecular flexibility index (Phi) is 6.98. The van der Waals surface area contributed by atoms with Crippen LogP contribution in [0.1, 0.15) is 71.6 Å². The molecule has 1 atom stereocenters. The molecule has 1 aliphatic carbocycles. The summed E-state index contributed by atoms with van der Waals surface area (Å²) in [5.74, 6) is 0. The van der Waals surface area contributed by atoms with Crippen LogP contribution in [0.5, 0.6) is 0 Å². The summed E-state index contributed by atoms with van der Waals surface area (Å²) in [4.78, 5) is 0. The van der Waals surface area contributed by atoms with Crippen molar-refractivity contribution in [1.29, 1.82) is 0 Å². The predicted octanol–water partition coefficient (Wildman–Crippen LogP) is 5.07. The molecule has 0 aromatic carbocycles. The SMILES string of the molecule is CCCCCCC(C)OC1(CBr)CCCC1. The highest BCUT2D eigenvalue weighted by Gasteiger charge is 2.34. The van der Waals surface area contributed by atoms with Crippen molar-refractivity contribution in [2.24, 2.45) is 0 Å². The van der Waals surface area contributed by atoms with Crippen molar-refractivity contribution >= 4 is 15.9 Å². The van der Waals surface area contributed by atoms with E-state index in [2.05, 4.69) is 29.8 Å². The zero-order chi connectivity index (χ0) is 11.9. The molecular formula is C14H27BrO. The average Bonchev–Trinajstić information content (AvgIpc) is 2.74. The Morgan fingerprint density at radius 2 is 1.88 bits per heavy atom. The van der Waals surface area contributed by atoms with E-state index < -0.39 is 0 Å². The molecule has 0 bridgehead atoms. The van der Waals surface area contributed by atoms with Gasteiger partial charge in [-0.05, 0) is 26.2 Å². The normalized spacial score (nSPS) is 21.2. The van der Waals surface area contributed by atoms with Crippen molar-refractivity contribution in [3.05, 3.63) is 0 Å². The highest BCUT2D eigenvalue weighted by Crippen LogP contribution is 2.36. The van der Waals surface area contributed by atoms with Gasteiger partial charge in [0.1, 0.15) is 0 Å². The first-order valence-corrected chi connectivity index (χ1v) is 8.08. The van der Waals surface area contributed by atoms with Crippen LogP contribution in [0.4, 0.5) is 0 Å². The van der Waals surface area contributed by atoms with Gasteiger partial charge in [0.15, 0.2) is 0 Å². The van der Waals surface area contributed by atoms with E-state index in [1.54, 1.807) is 0 Å². The standard InChI is InChI=1S/C14H27BrO/c1-3-4-5-6-9-13(2)16-14(12-15)10-7-8-11-14/h13H,3-12H2,1-2H3. The minimum absolute atomic E-state index is 0.171. The van der Waals surface area contributed by atoms with E-state index in [4.69, 9.17) is 4.74 Å². The second-order valence-corrected chi connectivity index (χ2v) is 5.86. The molecular weight excluding hydrogens is 264 g/mol. The zero-order valence-corrected chi connectivity index (χ0v) is 12.5. The van der Waals surface area contributed by atoms with Gasteiger partial charge in [-0.1, -0.05) is 61.4 Å². The molecule has 1 rings (SSSR count). The van der Waals surface area contributed by atoms with Gasteiger partial charge in [-0.3, -0.25) is 0 Å². The van der Waals surface area contributed by atoms with Crippen LogP contribution in [-0.2, 0) is 4.74 Å². The summed E-state index contributed by atoms with van der Waals surface area (Å²) in [5, 5.41) is 1.01. The summed E-state index contributed by atoms with van der Waals surface area (Å²) in [6.07, 6.45) is 12.2. The molecule has 0 amide bonds. The number of hydrogen-bond acceptors (Lipinski definition) is 1. The lowest BCUT2D eigenvalue weighted by molar-refractivity contribution is -0.0701. The van der Waals surface area contributed by atoms with Gasteiger partial charge in [0, 0.05) is 5.33 Å². The molecule has 1 unspecified atom stereocenters. The lowest BCUT2D eigenvalue weighted by atomic mass is 10.0. The van der Waals surface area contributed by atoms with Gasteiger partial charge in [0.05, 0.1) is 11.7 Å². The van der Waals surface area contributed by atoms with Crippen molar-refractivity contribution in [3.63, 3.8) is 0 Å². The summed E-state index contributed by atoms with van der Waals surface area (Å²) in [6, 6.07) is 0. The molecule has 0 aromatic heterocycles. The topological polar surface area (TPSA) is 9.23 Å². The van der Waals surface area contributed by atoms with Gasteiger partial charge in [-0.15, -0.1) is 0 Å². The fourth-order valence-corrected chi connectivity index (χ4v) is 3.34. The Balaban J connectivity index is 2.18. The second kappa shape index (κ2) is 7.71. The lowest BCUT2D eigenvalue weighted by Gasteiger charge is -2.31. The molecule has 0 aromatic rings. The molecule has 1 saturated carbocycles. The molecule has 0 aliphatic heterocycles. The highest BCUT2D eigenvalue weighted by molar-refractivity contribution is 9.09. The Bertz CT molecular complexity index is 176. The summed E-state index contributed by atoms with van der Waals surface area (Å²) >= 11 is 3.63. The summed E-state index contributed by atoms with van der Waals surface area (Å²) in [7, 11) is 0. The smallest absolute Gasteiger partial charge is 0.0782 e. The maximum atomic E-state index is 6.28. The zero-order valence-electron chi connectivity index (χ0n) is 10.9. The van der Waals surface area contributed by atoms with Gasteiger partial charge in [0.25, 0.3) is 0 Å². The van der Waals surface area contributed by atoms with Crippen LogP contribution in [0, 0.1) is 0 Å². The molecule has 1 fully saturated rings. The van der Waals surface area contributed by atoms with E-state index in [0.717, 1.165) is 5.33 Å². The molecule has 0 spiro atoms. The van der Waals surface area contributed by atoms with Crippen LogP contribution in [-0.4, -0.2) is 17.0 Å². The van der Waals surface area contributed by atoms with E-state index in [1.807, 2.05) is 0 Å². The minimum Gasteiger partial charge on any atom is -0.371 e. The van der Waals surface area contributed by atoms with Crippen molar-refractivity contribution in [2.75, 3.05) is 5.33 Å². The molecule has 0 N–H and O–H groups in total. The molecule has 0 radical (unpaired) electrons. The predicted molar refractivity (Wildman–Crippen MR) is 74.3 cm³/mol. The van der Waals surface area contributed by atoms with Crippen LogP contribution in [0.2, 0.25) is 0 Å². The molecule has 1 aliphatic rings. The van der Waals surface area contributed by atoms with Crippen LogP contribution in [0.15, 0.2) is 0 Å². The van der Waals surface area contributed by atoms with Gasteiger partial charge >= 0.3 is 0 Å². The van der Waals surface area contributed by atoms with E-state index >= 15 is 0 Å². The fourth-order valence-electron chi connectivity index (χ4n) is 2.65. The van der Waals surface area contributed by atoms with E-state index in [1.165, 1.54) is 57.8 Å². The van der Waals surface area contributed by atoms with E-state index in [-0.39, 0.29) is 5.60 Å². The summed E-state index contributed by atoms with van der Waals surface area (Å²) in [6.45, 7) is 4.51. The third kappa shape index (κ3) is 4.75. The van der Waals surface area contributed by atoms with Crippen LogP contribution < -0.4 is 0 Å². The summed E-state index contributed by atoms with van der Waals surface area (Å²) < 4.78 is 6.28. The van der Waals surface area contributed by atoms with E-state index in [9.17, 15) is 0 Å². The number of hydrogen-bond donors (Lipinski definition) is 0. The first-order valence-electron chi connectivity index (χ1n) is 6.96. The molecule has 96 valence electrons. The number of rotatable bonds is 8. The molecule has 0 saturated heterocycles. The third-order valence-electron chi connectivity index (χ3n) is 3.67. The van der Waals surface area contributed by atoms with Crippen molar-refractivity contribution < 1.29 is 4.74 Å². The Labute approximate surface area is 109 Å². The summed E-state index contributed by atoms with van der Waals surface area (Å²) in [5.41, 5.74) is 0.171. The highest BCUT2D eigenvalue weighted by atomic mass is 79.9. The maximum Gasteiger partial charge on any atom is 0.0782 e. The monoisotopic (exact) mass is 290 g/mol. The van der Waals surface area contributed by atoms with E-state index in [0.29, 0.717) is 6.10 Å². The maximum absolute atomic E-state index is 6.28. The first kappa shape index (κ1) is 14.5. The molecule has 0 heterocycles. The first-order chi connectivity index (χ1) is 7.72. The van der Waals surface area contributed by atoms with Crippen molar-refractivity contribution in [2.45, 2.75) is 83.3 Å². The van der Waals surface area contributed by atoms with Gasteiger partial charge in [0.2, 0.25) is 0 Å². The van der Waals surface area contributed by atoms with Crippen LogP contribution in [0.25, 0.3) is 0 Å². The number of ether oxygens (including phenoxy) is 1. The van der Waals surface area contributed by atoms with Crippen LogP contribution >= 0.6 is 15.9 Å². The average molecular weight is 291 g/mol. The minimum atomic E-state index is 0.171. The second-order valence-electron chi connectivity index (χ2n) is 5.30. The number of unbranched alkanes of at least 4 members (excludes halogenated alkanes) is 3. The van der Waals surface area contributed by atoms with Crippen molar-refractivity contribution in [3.8, 4) is 0 Å². The Morgan fingerprint density at radius 1 is 1.19 bits per heavy atom. The number of halogens is 1. The van der Waals surface area contributed by atoms with Gasteiger partial charge < -0.3 is 4.74 Å².